The van der Waals surface area contributed by atoms with E-state index in [4.69, 9.17) is 9.72 Å². The van der Waals surface area contributed by atoms with Gasteiger partial charge in [0.2, 0.25) is 5.91 Å². The number of carboxylic acid groups (broad SMARTS) is 1. The molecule has 0 unspecified atom stereocenters. The molecule has 2 aliphatic heterocycles. The number of imidazole rings is 2. The highest BCUT2D eigenvalue weighted by Gasteiger charge is 2.41. The summed E-state index contributed by atoms with van der Waals surface area (Å²) in [5, 5.41) is 12.7. The van der Waals surface area contributed by atoms with Crippen molar-refractivity contribution in [2.45, 2.75) is 75.5 Å². The second kappa shape index (κ2) is 17.2. The average Bonchev–Trinajstić information content (AvgIpc) is 4.11. The van der Waals surface area contributed by atoms with Gasteiger partial charge in [-0.05, 0) is 66.3 Å². The molecule has 4 heterocycles. The van der Waals surface area contributed by atoms with Gasteiger partial charge in [0.15, 0.2) is 0 Å². The number of ether oxygens (including phenoxy) is 1. The van der Waals surface area contributed by atoms with Crippen molar-refractivity contribution in [2.24, 2.45) is 5.92 Å². The largest absolute Gasteiger partial charge is 0.465 e. The fourth-order valence-electron chi connectivity index (χ4n) is 9.08. The van der Waals surface area contributed by atoms with Gasteiger partial charge in [-0.25, -0.2) is 19.6 Å². The van der Waals surface area contributed by atoms with Crippen LogP contribution in [-0.2, 0) is 14.3 Å². The lowest BCUT2D eigenvalue weighted by molar-refractivity contribution is -0.138. The summed E-state index contributed by atoms with van der Waals surface area (Å²) in [4.78, 5) is 72.9. The molecular weight excluding hydrogens is 749 g/mol. The van der Waals surface area contributed by atoms with Gasteiger partial charge in [0, 0.05) is 26.2 Å². The van der Waals surface area contributed by atoms with E-state index < -0.39 is 18.2 Å². The molecule has 4 amide bonds. The maximum absolute atomic E-state index is 14.0. The standard InChI is InChI=1S/C45H50N8O6/c1-51(45(57)58)39(32-10-4-3-5-11-32)43(55)53-25-9-15-38(53)41-47-27-36(49-41)31-22-18-29(19-23-31)28-16-20-30(21-17-28)35-26-46-40(48-35)37-14-8-24-52(37)42(54)33-12-6-7-13-34(33)50-44(56)59-2/h3-5,10-11,16-23,26-27,33-34,37-39H,6-9,12-15,24-25H2,1-2H3,(H,46,48)(H,47,49)(H,50,56)(H,57,58)/t33-,34+,37-,38-,39+/m0/s1. The molecule has 1 aliphatic carbocycles. The van der Waals surface area contributed by atoms with Crippen LogP contribution in [0.3, 0.4) is 0 Å². The Labute approximate surface area is 343 Å². The molecule has 2 aromatic heterocycles. The van der Waals surface area contributed by atoms with E-state index >= 15 is 0 Å². The highest BCUT2D eigenvalue weighted by Crippen LogP contribution is 2.38. The number of hydrogen-bond acceptors (Lipinski definition) is 7. The molecule has 59 heavy (non-hydrogen) atoms. The number of H-pyrrole nitrogens is 2. The lowest BCUT2D eigenvalue weighted by Gasteiger charge is -2.35. The number of rotatable bonds is 10. The Balaban J connectivity index is 0.920. The third kappa shape index (κ3) is 8.16. The minimum atomic E-state index is -1.17. The first kappa shape index (κ1) is 39.4. The van der Waals surface area contributed by atoms with Gasteiger partial charge < -0.3 is 34.9 Å². The topological polar surface area (TPSA) is 177 Å². The number of aromatic amines is 2. The first-order valence-electron chi connectivity index (χ1n) is 20.5. The van der Waals surface area contributed by atoms with Crippen LogP contribution in [0.1, 0.15) is 86.7 Å². The van der Waals surface area contributed by atoms with E-state index in [1.807, 2.05) is 29.3 Å². The monoisotopic (exact) mass is 798 g/mol. The molecule has 4 N–H and O–H groups in total. The van der Waals surface area contributed by atoms with Gasteiger partial charge in [-0.3, -0.25) is 14.5 Å². The molecule has 0 bridgehead atoms. The van der Waals surface area contributed by atoms with E-state index in [1.54, 1.807) is 35.4 Å². The quantitative estimate of drug-likeness (QED) is 0.111. The van der Waals surface area contributed by atoms with Crippen molar-refractivity contribution < 1.29 is 29.0 Å². The van der Waals surface area contributed by atoms with Gasteiger partial charge in [-0.2, -0.15) is 0 Å². The number of benzene rings is 3. The van der Waals surface area contributed by atoms with Crippen molar-refractivity contribution in [1.29, 1.82) is 0 Å². The molecule has 14 heteroatoms. The van der Waals surface area contributed by atoms with E-state index in [1.165, 1.54) is 14.2 Å². The van der Waals surface area contributed by atoms with Crippen LogP contribution in [0.4, 0.5) is 9.59 Å². The number of aromatic nitrogens is 4. The Hall–Kier alpha value is -6.44. The highest BCUT2D eigenvalue weighted by molar-refractivity contribution is 5.87. The van der Waals surface area contributed by atoms with E-state index in [0.717, 1.165) is 95.7 Å². The number of nitrogens with one attached hydrogen (secondary N) is 3. The molecule has 3 aliphatic rings. The maximum atomic E-state index is 14.0. The molecular formula is C45H50N8O6. The van der Waals surface area contributed by atoms with Gasteiger partial charge in [0.05, 0.1) is 48.9 Å². The zero-order valence-corrected chi connectivity index (χ0v) is 33.3. The minimum absolute atomic E-state index is 0.0715. The van der Waals surface area contributed by atoms with Gasteiger partial charge in [0.25, 0.3) is 5.91 Å². The molecule has 0 radical (unpaired) electrons. The van der Waals surface area contributed by atoms with E-state index in [0.29, 0.717) is 24.5 Å². The molecule has 8 rings (SSSR count). The van der Waals surface area contributed by atoms with Crippen molar-refractivity contribution in [3.8, 4) is 33.6 Å². The summed E-state index contributed by atoms with van der Waals surface area (Å²) in [6.07, 6.45) is 8.63. The number of carbonyl (C=O) groups excluding carboxylic acids is 3. The first-order valence-corrected chi connectivity index (χ1v) is 20.5. The van der Waals surface area contributed by atoms with E-state index in [2.05, 4.69) is 56.7 Å². The number of alkyl carbamates (subject to hydrolysis) is 1. The summed E-state index contributed by atoms with van der Waals surface area (Å²) in [6, 6.07) is 23.9. The van der Waals surface area contributed by atoms with Gasteiger partial charge >= 0.3 is 12.2 Å². The molecule has 1 saturated carbocycles. The summed E-state index contributed by atoms with van der Waals surface area (Å²) < 4.78 is 4.83. The zero-order chi connectivity index (χ0) is 41.0. The number of likely N-dealkylation sites (tertiary alicyclic amines) is 2. The third-order valence-electron chi connectivity index (χ3n) is 12.2. The summed E-state index contributed by atoms with van der Waals surface area (Å²) >= 11 is 0. The lowest BCUT2D eigenvalue weighted by atomic mass is 9.83. The summed E-state index contributed by atoms with van der Waals surface area (Å²) in [5.74, 6) is 0.982. The van der Waals surface area contributed by atoms with Crippen molar-refractivity contribution in [3.63, 3.8) is 0 Å². The van der Waals surface area contributed by atoms with Crippen LogP contribution in [0.25, 0.3) is 33.6 Å². The van der Waals surface area contributed by atoms with Gasteiger partial charge in [0.1, 0.15) is 17.7 Å². The number of hydrogen-bond donors (Lipinski definition) is 4. The molecule has 3 aromatic carbocycles. The first-order chi connectivity index (χ1) is 28.7. The molecule has 306 valence electrons. The van der Waals surface area contributed by atoms with Crippen molar-refractivity contribution in [1.82, 2.24) is 40.0 Å². The second-order valence-corrected chi connectivity index (χ2v) is 15.7. The Kier molecular flexibility index (Phi) is 11.5. The van der Waals surface area contributed by atoms with Gasteiger partial charge in [-0.15, -0.1) is 0 Å². The minimum Gasteiger partial charge on any atom is -0.465 e. The van der Waals surface area contributed by atoms with E-state index in [9.17, 15) is 24.3 Å². The fourth-order valence-corrected chi connectivity index (χ4v) is 9.08. The Morgan fingerprint density at radius 2 is 1.25 bits per heavy atom. The molecule has 5 atom stereocenters. The molecule has 5 aromatic rings. The van der Waals surface area contributed by atoms with Crippen LogP contribution >= 0.6 is 0 Å². The normalized spacial score (nSPS) is 20.9. The Bertz CT molecular complexity index is 2270. The second-order valence-electron chi connectivity index (χ2n) is 15.7. The number of likely N-dealkylation sites (N-methyl/N-ethyl adjacent to an activating group) is 1. The number of nitrogens with zero attached hydrogens (tertiary/aromatic N) is 5. The summed E-state index contributed by atoms with van der Waals surface area (Å²) in [5.41, 5.74) is 6.39. The van der Waals surface area contributed by atoms with Crippen molar-refractivity contribution in [3.05, 3.63) is 108 Å². The van der Waals surface area contributed by atoms with Crippen LogP contribution in [0.2, 0.25) is 0 Å². The van der Waals surface area contributed by atoms with Crippen LogP contribution in [0.5, 0.6) is 0 Å². The third-order valence-corrected chi connectivity index (χ3v) is 12.2. The number of methoxy groups -OCH3 is 1. The molecule has 14 nitrogen and oxygen atoms in total. The van der Waals surface area contributed by atoms with Gasteiger partial charge in [-0.1, -0.05) is 91.7 Å². The molecule has 0 spiro atoms. The number of carbonyl (C=O) groups is 4. The predicted octanol–water partition coefficient (Wildman–Crippen LogP) is 7.73. The van der Waals surface area contributed by atoms with Crippen LogP contribution < -0.4 is 5.32 Å². The summed E-state index contributed by atoms with van der Waals surface area (Å²) in [7, 11) is 2.77. The Morgan fingerprint density at radius 1 is 0.729 bits per heavy atom. The summed E-state index contributed by atoms with van der Waals surface area (Å²) in [6.45, 7) is 1.19. The fraction of sp³-hybridized carbons (Fsp3) is 0.378. The zero-order valence-electron chi connectivity index (χ0n) is 33.3. The van der Waals surface area contributed by atoms with Crippen molar-refractivity contribution >= 4 is 24.0 Å². The molecule has 2 saturated heterocycles. The van der Waals surface area contributed by atoms with Crippen LogP contribution in [0.15, 0.2) is 91.3 Å². The van der Waals surface area contributed by atoms with Crippen LogP contribution in [0, 0.1) is 5.92 Å². The molecule has 3 fully saturated rings. The van der Waals surface area contributed by atoms with E-state index in [-0.39, 0.29) is 35.9 Å². The Morgan fingerprint density at radius 3 is 1.81 bits per heavy atom. The average molecular weight is 799 g/mol. The SMILES string of the molecule is COC(=O)N[C@@H]1CCCC[C@@H]1C(=O)N1CCC[C@H]1c1ncc(-c2ccc(-c3ccc(-c4cnc([C@@H]5CCCN5C(=O)[C@@H](c5ccccc5)N(C)C(=O)O)[nH]4)cc3)cc2)[nH]1. The smallest absolute Gasteiger partial charge is 0.407 e. The lowest BCUT2D eigenvalue weighted by Crippen LogP contribution is -2.49. The van der Waals surface area contributed by atoms with Crippen LogP contribution in [-0.4, -0.2) is 97.0 Å². The maximum Gasteiger partial charge on any atom is 0.407 e. The predicted molar refractivity (Wildman–Crippen MR) is 221 cm³/mol. The number of amides is 4. The van der Waals surface area contributed by atoms with Crippen molar-refractivity contribution in [2.75, 3.05) is 27.2 Å². The highest BCUT2D eigenvalue weighted by atomic mass is 16.5.